The van der Waals surface area contributed by atoms with E-state index in [0.717, 1.165) is 52.2 Å². The summed E-state index contributed by atoms with van der Waals surface area (Å²) in [6, 6.07) is 15.9. The molecule has 0 fully saturated rings. The lowest BCUT2D eigenvalue weighted by atomic mass is 9.75. The molecule has 4 rings (SSSR count). The Bertz CT molecular complexity index is 1060. The third kappa shape index (κ3) is 3.63. The lowest BCUT2D eigenvalue weighted by Gasteiger charge is -2.34. The molecule has 2 aromatic rings. The smallest absolute Gasteiger partial charge is 0.254 e. The van der Waals surface area contributed by atoms with Crippen LogP contribution in [0.25, 0.3) is 0 Å². The number of allylic oxidation sites excluding steroid dienone is 3. The van der Waals surface area contributed by atoms with Crippen molar-refractivity contribution in [3.8, 4) is 0 Å². The van der Waals surface area contributed by atoms with Gasteiger partial charge in [-0.25, -0.2) is 0 Å². The highest BCUT2D eigenvalue weighted by Gasteiger charge is 2.38. The zero-order valence-electron chi connectivity index (χ0n) is 17.1. The second-order valence-electron chi connectivity index (χ2n) is 7.95. The van der Waals surface area contributed by atoms with Crippen molar-refractivity contribution >= 4 is 17.4 Å². The van der Waals surface area contributed by atoms with Gasteiger partial charge in [0.2, 0.25) is 0 Å². The molecule has 0 spiro atoms. The van der Waals surface area contributed by atoms with E-state index in [2.05, 4.69) is 16.7 Å². The molecule has 0 saturated carbocycles. The van der Waals surface area contributed by atoms with Crippen LogP contribution in [0.4, 0.5) is 5.69 Å². The fraction of sp³-hybridized carbons (Fsp3) is 0.280. The molecular weight excluding hydrogens is 360 g/mol. The standard InChI is InChI=1S/C25H26N2O2/c1-15-8-6-10-18(14-15)23-22(25(29)27-19-11-5-4-9-16(19)2)17(3)26-20-12-7-13-21(28)24(20)23/h4-6,8-11,14,23,26H,7,12-13H2,1-3H3,(H,27,29)/t23-/m0/s1. The highest BCUT2D eigenvalue weighted by molar-refractivity contribution is 6.10. The molecule has 4 nitrogen and oxygen atoms in total. The Morgan fingerprint density at radius 3 is 2.59 bits per heavy atom. The molecular formula is C25H26N2O2. The summed E-state index contributed by atoms with van der Waals surface area (Å²) in [5.41, 5.74) is 7.05. The molecule has 29 heavy (non-hydrogen) atoms. The van der Waals surface area contributed by atoms with Crippen LogP contribution in [0.1, 0.15) is 48.8 Å². The average molecular weight is 386 g/mol. The van der Waals surface area contributed by atoms with Crippen LogP contribution < -0.4 is 10.6 Å². The maximum absolute atomic E-state index is 13.4. The number of dihydropyridines is 1. The van der Waals surface area contributed by atoms with E-state index < -0.39 is 0 Å². The van der Waals surface area contributed by atoms with Crippen molar-refractivity contribution in [3.63, 3.8) is 0 Å². The lowest BCUT2D eigenvalue weighted by molar-refractivity contribution is -0.116. The molecule has 4 heteroatoms. The molecule has 1 amide bonds. The van der Waals surface area contributed by atoms with E-state index in [1.165, 1.54) is 0 Å². The number of hydrogen-bond acceptors (Lipinski definition) is 3. The Kier molecular flexibility index (Phi) is 5.10. The van der Waals surface area contributed by atoms with Gasteiger partial charge in [0, 0.05) is 40.6 Å². The second kappa shape index (κ2) is 7.70. The van der Waals surface area contributed by atoms with E-state index in [1.54, 1.807) is 0 Å². The first-order valence-electron chi connectivity index (χ1n) is 10.1. The van der Waals surface area contributed by atoms with E-state index in [4.69, 9.17) is 0 Å². The monoisotopic (exact) mass is 386 g/mol. The van der Waals surface area contributed by atoms with Crippen LogP contribution in [0.3, 0.4) is 0 Å². The summed E-state index contributed by atoms with van der Waals surface area (Å²) in [6.07, 6.45) is 2.23. The van der Waals surface area contributed by atoms with Crippen molar-refractivity contribution in [2.45, 2.75) is 46.0 Å². The Labute approximate surface area is 171 Å². The predicted octanol–water partition coefficient (Wildman–Crippen LogP) is 4.91. The summed E-state index contributed by atoms with van der Waals surface area (Å²) in [7, 11) is 0. The first-order valence-corrected chi connectivity index (χ1v) is 10.1. The number of ketones is 1. The third-order valence-corrected chi connectivity index (χ3v) is 5.79. The van der Waals surface area contributed by atoms with Gasteiger partial charge in [-0.05, 0) is 50.8 Å². The maximum Gasteiger partial charge on any atom is 0.254 e. The van der Waals surface area contributed by atoms with Crippen molar-refractivity contribution in [2.24, 2.45) is 0 Å². The molecule has 0 unspecified atom stereocenters. The number of amides is 1. The Balaban J connectivity index is 1.81. The summed E-state index contributed by atoms with van der Waals surface area (Å²) < 4.78 is 0. The minimum absolute atomic E-state index is 0.138. The topological polar surface area (TPSA) is 58.2 Å². The van der Waals surface area contributed by atoms with Gasteiger partial charge in [0.15, 0.2) is 5.78 Å². The van der Waals surface area contributed by atoms with Gasteiger partial charge in [0.25, 0.3) is 5.91 Å². The molecule has 2 aliphatic rings. The molecule has 2 N–H and O–H groups in total. The fourth-order valence-electron chi connectivity index (χ4n) is 4.37. The highest BCUT2D eigenvalue weighted by atomic mass is 16.2. The van der Waals surface area contributed by atoms with Crippen molar-refractivity contribution in [2.75, 3.05) is 5.32 Å². The fourth-order valence-corrected chi connectivity index (χ4v) is 4.37. The molecule has 0 saturated heterocycles. The maximum atomic E-state index is 13.4. The zero-order valence-corrected chi connectivity index (χ0v) is 17.1. The van der Waals surface area contributed by atoms with E-state index in [-0.39, 0.29) is 17.6 Å². The van der Waals surface area contributed by atoms with Crippen LogP contribution >= 0.6 is 0 Å². The van der Waals surface area contributed by atoms with Gasteiger partial charge in [0.1, 0.15) is 0 Å². The van der Waals surface area contributed by atoms with Crippen LogP contribution in [-0.4, -0.2) is 11.7 Å². The van der Waals surface area contributed by atoms with Gasteiger partial charge in [-0.2, -0.15) is 0 Å². The molecule has 1 heterocycles. The first kappa shape index (κ1) is 19.2. The number of benzene rings is 2. The summed E-state index contributed by atoms with van der Waals surface area (Å²) in [4.78, 5) is 26.4. The number of Topliss-reactive ketones (excluding diaryl/α,β-unsaturated/α-hetero) is 1. The van der Waals surface area contributed by atoms with Crippen LogP contribution in [0, 0.1) is 13.8 Å². The lowest BCUT2D eigenvalue weighted by Crippen LogP contribution is -2.35. The molecule has 148 valence electrons. The third-order valence-electron chi connectivity index (χ3n) is 5.79. The SMILES string of the molecule is CC1=C(C(=O)Nc2ccccc2C)[C@H](c2cccc(C)c2)C2=C(CCCC2=O)N1. The van der Waals surface area contributed by atoms with Gasteiger partial charge in [-0.1, -0.05) is 48.0 Å². The van der Waals surface area contributed by atoms with Gasteiger partial charge in [0.05, 0.1) is 0 Å². The van der Waals surface area contributed by atoms with Crippen molar-refractivity contribution in [1.29, 1.82) is 0 Å². The number of rotatable bonds is 3. The van der Waals surface area contributed by atoms with Crippen LogP contribution in [0.2, 0.25) is 0 Å². The van der Waals surface area contributed by atoms with Gasteiger partial charge in [-0.3, -0.25) is 9.59 Å². The highest BCUT2D eigenvalue weighted by Crippen LogP contribution is 2.42. The van der Waals surface area contributed by atoms with Gasteiger partial charge < -0.3 is 10.6 Å². The van der Waals surface area contributed by atoms with Crippen LogP contribution in [0.5, 0.6) is 0 Å². The second-order valence-corrected chi connectivity index (χ2v) is 7.95. The van der Waals surface area contributed by atoms with Crippen molar-refractivity contribution in [1.82, 2.24) is 5.32 Å². The number of anilines is 1. The number of nitrogens with one attached hydrogen (secondary N) is 2. The first-order chi connectivity index (χ1) is 14.0. The summed E-state index contributed by atoms with van der Waals surface area (Å²) in [6.45, 7) is 5.93. The number of hydrogen-bond donors (Lipinski definition) is 2. The normalized spacial score (nSPS) is 19.0. The summed E-state index contributed by atoms with van der Waals surface area (Å²) in [5, 5.41) is 6.44. The number of para-hydroxylation sites is 1. The Morgan fingerprint density at radius 1 is 1.03 bits per heavy atom. The molecule has 2 aromatic carbocycles. The van der Waals surface area contributed by atoms with Crippen molar-refractivity contribution < 1.29 is 9.59 Å². The van der Waals surface area contributed by atoms with Gasteiger partial charge in [-0.15, -0.1) is 0 Å². The zero-order chi connectivity index (χ0) is 20.5. The molecule has 0 radical (unpaired) electrons. The van der Waals surface area contributed by atoms with E-state index in [9.17, 15) is 9.59 Å². The molecule has 1 aliphatic carbocycles. The Hall–Kier alpha value is -3.14. The number of carbonyl (C=O) groups is 2. The largest absolute Gasteiger partial charge is 0.362 e. The molecule has 0 bridgehead atoms. The van der Waals surface area contributed by atoms with Crippen LogP contribution in [-0.2, 0) is 9.59 Å². The van der Waals surface area contributed by atoms with E-state index in [1.807, 2.05) is 63.2 Å². The summed E-state index contributed by atoms with van der Waals surface area (Å²) >= 11 is 0. The molecule has 1 aliphatic heterocycles. The number of carbonyl (C=O) groups excluding carboxylic acids is 2. The summed E-state index contributed by atoms with van der Waals surface area (Å²) in [5.74, 6) is -0.373. The van der Waals surface area contributed by atoms with Crippen molar-refractivity contribution in [3.05, 3.63) is 87.8 Å². The number of aryl methyl sites for hydroxylation is 2. The minimum Gasteiger partial charge on any atom is -0.362 e. The van der Waals surface area contributed by atoms with E-state index in [0.29, 0.717) is 12.0 Å². The predicted molar refractivity (Wildman–Crippen MR) is 115 cm³/mol. The van der Waals surface area contributed by atoms with Crippen LogP contribution in [0.15, 0.2) is 71.1 Å². The quantitative estimate of drug-likeness (QED) is 0.788. The minimum atomic E-state index is -0.344. The molecule has 0 aromatic heterocycles. The van der Waals surface area contributed by atoms with E-state index >= 15 is 0 Å². The van der Waals surface area contributed by atoms with Gasteiger partial charge >= 0.3 is 0 Å². The average Bonchev–Trinajstić information content (AvgIpc) is 2.69. The Morgan fingerprint density at radius 2 is 1.83 bits per heavy atom. The molecule has 1 atom stereocenters.